The number of aliphatic carboxylic acids is 1. The second kappa shape index (κ2) is 14.9. The third-order valence-corrected chi connectivity index (χ3v) is 8.41. The first-order valence-electron chi connectivity index (χ1n) is 13.5. The average Bonchev–Trinajstić information content (AvgIpc) is 3.61. The van der Waals surface area contributed by atoms with Crippen LogP contribution in [0.15, 0.2) is 41.1 Å². The van der Waals surface area contributed by atoms with Crippen molar-refractivity contribution in [2.45, 2.75) is 37.8 Å². The zero-order valence-corrected chi connectivity index (χ0v) is 26.8. The molecule has 0 radical (unpaired) electrons. The molecule has 3 aromatic heterocycles. The Kier molecular flexibility index (Phi) is 11.2. The number of oxime groups is 1. The van der Waals surface area contributed by atoms with Crippen LogP contribution in [0.4, 0.5) is 5.13 Å². The molecule has 0 aromatic carbocycles. The molecular formula is C24H30N10O9S3. The molecule has 0 aliphatic carbocycles. The van der Waals surface area contributed by atoms with Crippen molar-refractivity contribution in [3.05, 3.63) is 41.8 Å². The second-order valence-corrected chi connectivity index (χ2v) is 12.3. The molecule has 2 atom stereocenters. The van der Waals surface area contributed by atoms with Gasteiger partial charge in [-0.05, 0) is 44.1 Å². The van der Waals surface area contributed by atoms with Crippen LogP contribution in [0.1, 0.15) is 19.2 Å². The van der Waals surface area contributed by atoms with E-state index in [1.807, 2.05) is 29.9 Å². The van der Waals surface area contributed by atoms with Gasteiger partial charge in [-0.2, -0.15) is 9.36 Å². The third-order valence-electron chi connectivity index (χ3n) is 6.53. The lowest BCUT2D eigenvalue weighted by atomic mass is 10.0. The van der Waals surface area contributed by atoms with Crippen molar-refractivity contribution in [1.29, 1.82) is 0 Å². The number of nitrogens with two attached hydrogens (primary N) is 1. The Morgan fingerprint density at radius 1 is 1.37 bits per heavy atom. The SMILES string of the molecule is CCO/N=C(/C(=O)NC1C(=O)N2C(C(=O)O)=C(C[n+]3cccc4c3ncn4CCCNC)CSC12)c1nsc(N)n1.O=S(=O)([O-])O. The lowest BCUT2D eigenvalue weighted by molar-refractivity contribution is -0.664. The number of carboxylic acids is 1. The molecule has 5 rings (SSSR count). The summed E-state index contributed by atoms with van der Waals surface area (Å²) in [6.07, 6.45) is 4.56. The second-order valence-electron chi connectivity index (χ2n) is 9.60. The average molecular weight is 699 g/mol. The Bertz CT molecular complexity index is 1780. The molecule has 5 heterocycles. The number of carbonyl (C=O) groups excluding carboxylic acids is 2. The molecular weight excluding hydrogens is 669 g/mol. The Morgan fingerprint density at radius 3 is 2.74 bits per heavy atom. The first-order valence-corrected chi connectivity index (χ1v) is 16.7. The summed E-state index contributed by atoms with van der Waals surface area (Å²) in [5.41, 5.74) is 7.56. The number of thioether (sulfide) groups is 1. The number of rotatable bonds is 12. The maximum Gasteiger partial charge on any atom is 0.352 e. The summed E-state index contributed by atoms with van der Waals surface area (Å²) in [4.78, 5) is 53.5. The molecule has 2 aliphatic rings. The number of amides is 2. The molecule has 1 saturated heterocycles. The molecule has 2 amide bonds. The van der Waals surface area contributed by atoms with E-state index in [4.69, 9.17) is 28.1 Å². The molecule has 19 nitrogen and oxygen atoms in total. The van der Waals surface area contributed by atoms with Crippen molar-refractivity contribution in [1.82, 2.24) is 34.4 Å². The van der Waals surface area contributed by atoms with Crippen molar-refractivity contribution >= 4 is 73.5 Å². The van der Waals surface area contributed by atoms with Crippen molar-refractivity contribution in [2.75, 3.05) is 31.7 Å². The maximum absolute atomic E-state index is 13.2. The number of nitrogens with zero attached hydrogens (tertiary/aromatic N) is 7. The predicted molar refractivity (Wildman–Crippen MR) is 163 cm³/mol. The fourth-order valence-electron chi connectivity index (χ4n) is 4.68. The van der Waals surface area contributed by atoms with Gasteiger partial charge < -0.3 is 35.4 Å². The van der Waals surface area contributed by atoms with E-state index >= 15 is 0 Å². The van der Waals surface area contributed by atoms with Crippen LogP contribution < -0.4 is 20.9 Å². The molecule has 0 bridgehead atoms. The smallest absolute Gasteiger partial charge is 0.352 e. The van der Waals surface area contributed by atoms with Gasteiger partial charge in [0.1, 0.15) is 35.8 Å². The van der Waals surface area contributed by atoms with E-state index in [0.717, 1.165) is 42.2 Å². The Balaban J connectivity index is 0.000000892. The highest BCUT2D eigenvalue weighted by Gasteiger charge is 2.54. The van der Waals surface area contributed by atoms with Gasteiger partial charge in [-0.1, -0.05) is 5.16 Å². The lowest BCUT2D eigenvalue weighted by Crippen LogP contribution is -2.71. The number of fused-ring (bicyclic) bond motifs is 2. The van der Waals surface area contributed by atoms with Gasteiger partial charge in [0.15, 0.2) is 5.13 Å². The van der Waals surface area contributed by atoms with Crippen molar-refractivity contribution in [3.8, 4) is 0 Å². The van der Waals surface area contributed by atoms with E-state index in [1.165, 1.54) is 16.7 Å². The molecule has 3 aromatic rings. The minimum absolute atomic E-state index is 0.0255. The number of aryl methyl sites for hydroxylation is 1. The molecule has 0 saturated carbocycles. The summed E-state index contributed by atoms with van der Waals surface area (Å²) in [5.74, 6) is -2.16. The van der Waals surface area contributed by atoms with Crippen LogP contribution in [0.5, 0.6) is 0 Å². The van der Waals surface area contributed by atoms with Gasteiger partial charge in [0.05, 0.1) is 6.20 Å². The monoisotopic (exact) mass is 698 g/mol. The molecule has 22 heteroatoms. The summed E-state index contributed by atoms with van der Waals surface area (Å²) in [7, 11) is -3.01. The fourth-order valence-corrected chi connectivity index (χ4v) is 6.45. The molecule has 248 valence electrons. The summed E-state index contributed by atoms with van der Waals surface area (Å²) >= 11 is 2.26. The topological polar surface area (TPSA) is 271 Å². The summed E-state index contributed by atoms with van der Waals surface area (Å²) in [6.45, 7) is 3.81. The Hall–Kier alpha value is -4.22. The first-order chi connectivity index (χ1) is 21.8. The number of nitrogen functional groups attached to an aromatic ring is 1. The molecule has 0 spiro atoms. The number of pyridine rings is 1. The van der Waals surface area contributed by atoms with Gasteiger partial charge in [0.2, 0.25) is 28.3 Å². The number of β-lactam (4-membered cyclic amide) rings is 1. The highest BCUT2D eigenvalue weighted by molar-refractivity contribution is 8.00. The standard InChI is InChI=1S/C24H28N10O5S2.H2O4S/c1-3-39-30-15(18-29-24(25)41-31-18)20(35)28-16-21(36)34-17(23(37)38)13(11-40-22(16)34)10-32-8-4-6-14-19(32)27-12-33(14)9-5-7-26-2;1-5(2,3)4/h4,6,8,12,16,22,26H,3,5,7,9-11H2,1-2H3,(H3-,25,28,29,31,35,37,38);(H2,1,2,3,4)/b30-15+;. The predicted octanol–water partition coefficient (Wildman–Crippen LogP) is -1.45. The summed E-state index contributed by atoms with van der Waals surface area (Å²) < 4.78 is 40.8. The van der Waals surface area contributed by atoms with Crippen LogP contribution in [-0.4, -0.2) is 107 Å². The number of carboxylic acid groups (broad SMARTS) is 1. The summed E-state index contributed by atoms with van der Waals surface area (Å²) in [6, 6.07) is 2.90. The maximum atomic E-state index is 13.2. The first kappa shape index (κ1) is 34.6. The number of hydrogen-bond donors (Lipinski definition) is 5. The van der Waals surface area contributed by atoms with E-state index in [-0.39, 0.29) is 35.5 Å². The number of aromatic nitrogens is 5. The van der Waals surface area contributed by atoms with Crippen molar-refractivity contribution in [3.63, 3.8) is 0 Å². The van der Waals surface area contributed by atoms with E-state index < -0.39 is 39.6 Å². The number of anilines is 1. The lowest BCUT2D eigenvalue weighted by Gasteiger charge is -2.49. The van der Waals surface area contributed by atoms with Gasteiger partial charge in [-0.15, -0.1) is 11.8 Å². The van der Waals surface area contributed by atoms with Crippen LogP contribution in [0.25, 0.3) is 11.2 Å². The highest BCUT2D eigenvalue weighted by atomic mass is 32.3. The molecule has 6 N–H and O–H groups in total. The summed E-state index contributed by atoms with van der Waals surface area (Å²) in [5, 5.41) is 19.2. The Morgan fingerprint density at radius 2 is 2.11 bits per heavy atom. The van der Waals surface area contributed by atoms with Crippen LogP contribution in [0.3, 0.4) is 0 Å². The normalized spacial score (nSPS) is 18.0. The number of imidazole rings is 1. The van der Waals surface area contributed by atoms with Crippen molar-refractivity contribution < 1.29 is 46.4 Å². The highest BCUT2D eigenvalue weighted by Crippen LogP contribution is 2.40. The Labute approximate surface area is 270 Å². The van der Waals surface area contributed by atoms with E-state index in [1.54, 1.807) is 13.3 Å². The largest absolute Gasteiger partial charge is 0.726 e. The quantitative estimate of drug-likeness (QED) is 0.0275. The number of hydrogen-bond acceptors (Lipinski definition) is 15. The molecule has 46 heavy (non-hydrogen) atoms. The van der Waals surface area contributed by atoms with Crippen LogP contribution >= 0.6 is 23.3 Å². The van der Waals surface area contributed by atoms with Gasteiger partial charge in [-0.25, -0.2) is 17.8 Å². The number of nitrogens with one attached hydrogen (secondary N) is 2. The zero-order valence-electron chi connectivity index (χ0n) is 24.4. The van der Waals surface area contributed by atoms with Gasteiger partial charge in [0, 0.05) is 29.4 Å². The van der Waals surface area contributed by atoms with E-state index in [2.05, 4.69) is 34.7 Å². The molecule has 1 fully saturated rings. The van der Waals surface area contributed by atoms with E-state index in [9.17, 15) is 19.5 Å². The molecule has 2 unspecified atom stereocenters. The van der Waals surface area contributed by atoms with Crippen LogP contribution in [0.2, 0.25) is 0 Å². The van der Waals surface area contributed by atoms with Crippen molar-refractivity contribution in [2.24, 2.45) is 5.16 Å². The van der Waals surface area contributed by atoms with Crippen LogP contribution in [0, 0.1) is 0 Å². The third kappa shape index (κ3) is 8.13. The molecule has 2 aliphatic heterocycles. The minimum Gasteiger partial charge on any atom is -0.726 e. The van der Waals surface area contributed by atoms with Gasteiger partial charge >= 0.3 is 11.6 Å². The van der Waals surface area contributed by atoms with E-state index in [0.29, 0.717) is 11.3 Å². The van der Waals surface area contributed by atoms with Gasteiger partial charge in [-0.3, -0.25) is 19.0 Å². The minimum atomic E-state index is -4.92. The van der Waals surface area contributed by atoms with Gasteiger partial charge in [0.25, 0.3) is 11.8 Å². The number of carbonyl (C=O) groups is 3. The van der Waals surface area contributed by atoms with Crippen LogP contribution in [-0.2, 0) is 42.7 Å². The zero-order chi connectivity index (χ0) is 33.6. The fraction of sp³-hybridized carbons (Fsp3) is 0.417.